The molecule has 4 rings (SSSR count). The van der Waals surface area contributed by atoms with E-state index in [9.17, 15) is 0 Å². The number of hydrogen-bond acceptors (Lipinski definition) is 1. The highest BCUT2D eigenvalue weighted by molar-refractivity contribution is 5.91. The summed E-state index contributed by atoms with van der Waals surface area (Å²) in [6.07, 6.45) is 2.27. The molecule has 0 aromatic heterocycles. The zero-order chi connectivity index (χ0) is 14.9. The second-order valence-electron chi connectivity index (χ2n) is 5.43. The van der Waals surface area contributed by atoms with Gasteiger partial charge in [0.1, 0.15) is 5.75 Å². The first-order chi connectivity index (χ1) is 10.9. The summed E-state index contributed by atoms with van der Waals surface area (Å²) in [7, 11) is 0. The van der Waals surface area contributed by atoms with Crippen LogP contribution in [0, 0.1) is 6.42 Å². The van der Waals surface area contributed by atoms with Crippen LogP contribution in [0.1, 0.15) is 18.1 Å². The van der Waals surface area contributed by atoms with Gasteiger partial charge in [0.2, 0.25) is 0 Å². The third-order valence-electron chi connectivity index (χ3n) is 4.12. The van der Waals surface area contributed by atoms with Crippen molar-refractivity contribution in [1.29, 1.82) is 0 Å². The topological polar surface area (TPSA) is 9.23 Å². The van der Waals surface area contributed by atoms with Gasteiger partial charge in [0.05, 0.1) is 6.61 Å². The summed E-state index contributed by atoms with van der Waals surface area (Å²) in [6.45, 7) is 2.70. The van der Waals surface area contributed by atoms with Gasteiger partial charge in [-0.3, -0.25) is 0 Å². The van der Waals surface area contributed by atoms with Gasteiger partial charge in [0, 0.05) is 12.0 Å². The van der Waals surface area contributed by atoms with E-state index in [1.807, 2.05) is 13.0 Å². The fourth-order valence-electron chi connectivity index (χ4n) is 3.19. The van der Waals surface area contributed by atoms with Crippen LogP contribution in [0.2, 0.25) is 0 Å². The molecule has 1 nitrogen and oxygen atoms in total. The molecule has 3 aromatic carbocycles. The normalized spacial score (nSPS) is 11.9. The fourth-order valence-corrected chi connectivity index (χ4v) is 3.19. The Morgan fingerprint density at radius 2 is 1.55 bits per heavy atom. The molecule has 0 aliphatic heterocycles. The van der Waals surface area contributed by atoms with Crippen molar-refractivity contribution in [2.75, 3.05) is 6.61 Å². The lowest BCUT2D eigenvalue weighted by Crippen LogP contribution is -1.97. The van der Waals surface area contributed by atoms with Crippen LogP contribution in [0.5, 0.6) is 5.75 Å². The number of hydrogen-bond donors (Lipinski definition) is 0. The molecule has 0 heterocycles. The standard InChI is InChI=1S/C21H17O/c1-2-22-20-13-12-18-17-11-7-6-10-16(17)14-19(18)21(20)15-8-4-3-5-9-15/h3-14H,2H2,1H3. The maximum Gasteiger partial charge on any atom is 0.127 e. The van der Waals surface area contributed by atoms with Gasteiger partial charge >= 0.3 is 0 Å². The highest BCUT2D eigenvalue weighted by atomic mass is 16.5. The quantitative estimate of drug-likeness (QED) is 0.494. The zero-order valence-corrected chi connectivity index (χ0v) is 12.5. The van der Waals surface area contributed by atoms with Gasteiger partial charge in [-0.15, -0.1) is 0 Å². The lowest BCUT2D eigenvalue weighted by atomic mass is 9.94. The first kappa shape index (κ1) is 13.1. The van der Waals surface area contributed by atoms with Gasteiger partial charge in [-0.2, -0.15) is 0 Å². The summed E-state index contributed by atoms with van der Waals surface area (Å²) in [5.74, 6) is 0.955. The zero-order valence-electron chi connectivity index (χ0n) is 12.5. The van der Waals surface area contributed by atoms with E-state index in [2.05, 4.69) is 67.1 Å². The number of benzene rings is 3. The minimum absolute atomic E-state index is 0.672. The van der Waals surface area contributed by atoms with E-state index in [4.69, 9.17) is 4.74 Å². The summed E-state index contributed by atoms with van der Waals surface area (Å²) in [6, 6.07) is 23.3. The van der Waals surface area contributed by atoms with Crippen molar-refractivity contribution >= 4 is 0 Å². The molecule has 0 spiro atoms. The van der Waals surface area contributed by atoms with Crippen LogP contribution in [0.25, 0.3) is 22.3 Å². The third kappa shape index (κ3) is 2.01. The van der Waals surface area contributed by atoms with Gasteiger partial charge in [-0.1, -0.05) is 60.7 Å². The Kier molecular flexibility index (Phi) is 3.19. The van der Waals surface area contributed by atoms with Crippen LogP contribution >= 0.6 is 0 Å². The number of fused-ring (bicyclic) bond motifs is 3. The lowest BCUT2D eigenvalue weighted by Gasteiger charge is -2.15. The van der Waals surface area contributed by atoms with Crippen LogP contribution in [-0.2, 0) is 0 Å². The van der Waals surface area contributed by atoms with Crippen molar-refractivity contribution in [2.45, 2.75) is 6.92 Å². The molecule has 107 valence electrons. The van der Waals surface area contributed by atoms with E-state index in [0.717, 1.165) is 5.75 Å². The van der Waals surface area contributed by atoms with Crippen molar-refractivity contribution in [1.82, 2.24) is 0 Å². The first-order valence-corrected chi connectivity index (χ1v) is 7.68. The molecular weight excluding hydrogens is 268 g/mol. The van der Waals surface area contributed by atoms with Crippen LogP contribution in [-0.4, -0.2) is 6.61 Å². The minimum Gasteiger partial charge on any atom is -0.493 e. The Bertz CT molecular complexity index is 819. The fraction of sp³-hybridized carbons (Fsp3) is 0.0952. The van der Waals surface area contributed by atoms with Crippen molar-refractivity contribution in [3.8, 4) is 28.0 Å². The van der Waals surface area contributed by atoms with Crippen LogP contribution in [0.15, 0.2) is 66.7 Å². The van der Waals surface area contributed by atoms with Crippen LogP contribution in [0.3, 0.4) is 0 Å². The molecule has 1 heteroatoms. The second-order valence-corrected chi connectivity index (χ2v) is 5.43. The molecule has 0 unspecified atom stereocenters. The molecular formula is C21H17O. The SMILES string of the molecule is CCOc1ccc2c(c1-c1ccccc1)[CH]c1ccccc1-2. The lowest BCUT2D eigenvalue weighted by molar-refractivity contribution is 0.341. The minimum atomic E-state index is 0.672. The Morgan fingerprint density at radius 3 is 2.36 bits per heavy atom. The van der Waals surface area contributed by atoms with E-state index in [-0.39, 0.29) is 0 Å². The summed E-state index contributed by atoms with van der Waals surface area (Å²) in [4.78, 5) is 0. The van der Waals surface area contributed by atoms with E-state index >= 15 is 0 Å². The Hall–Kier alpha value is -2.54. The molecule has 0 amide bonds. The molecule has 0 saturated heterocycles. The molecule has 0 N–H and O–H groups in total. The van der Waals surface area contributed by atoms with Crippen LogP contribution < -0.4 is 4.74 Å². The van der Waals surface area contributed by atoms with Crippen LogP contribution in [0.4, 0.5) is 0 Å². The Morgan fingerprint density at radius 1 is 0.773 bits per heavy atom. The molecule has 0 atom stereocenters. The molecule has 0 saturated carbocycles. The van der Waals surface area contributed by atoms with E-state index < -0.39 is 0 Å². The monoisotopic (exact) mass is 285 g/mol. The molecule has 1 aliphatic carbocycles. The maximum atomic E-state index is 5.90. The van der Waals surface area contributed by atoms with Crippen molar-refractivity contribution in [3.05, 3.63) is 84.3 Å². The summed E-state index contributed by atoms with van der Waals surface area (Å²) in [5, 5.41) is 0. The first-order valence-electron chi connectivity index (χ1n) is 7.68. The highest BCUT2D eigenvalue weighted by Crippen LogP contribution is 2.46. The molecule has 0 bridgehead atoms. The molecule has 1 aliphatic rings. The van der Waals surface area contributed by atoms with E-state index in [1.165, 1.54) is 33.4 Å². The Labute approximate surface area is 131 Å². The maximum absolute atomic E-state index is 5.90. The largest absolute Gasteiger partial charge is 0.493 e. The van der Waals surface area contributed by atoms with Gasteiger partial charge in [0.25, 0.3) is 0 Å². The predicted molar refractivity (Wildman–Crippen MR) is 91.0 cm³/mol. The molecule has 0 fully saturated rings. The van der Waals surface area contributed by atoms with Crippen molar-refractivity contribution < 1.29 is 4.74 Å². The average molecular weight is 285 g/mol. The third-order valence-corrected chi connectivity index (χ3v) is 4.12. The number of rotatable bonds is 3. The highest BCUT2D eigenvalue weighted by Gasteiger charge is 2.24. The van der Waals surface area contributed by atoms with Gasteiger partial charge in [-0.05, 0) is 40.8 Å². The Balaban J connectivity index is 1.96. The predicted octanol–water partition coefficient (Wildman–Crippen LogP) is 5.33. The van der Waals surface area contributed by atoms with E-state index in [1.54, 1.807) is 0 Å². The van der Waals surface area contributed by atoms with Gasteiger partial charge < -0.3 is 4.74 Å². The van der Waals surface area contributed by atoms with Gasteiger partial charge in [0.15, 0.2) is 0 Å². The average Bonchev–Trinajstić information content (AvgIpc) is 2.94. The number of ether oxygens (including phenoxy) is 1. The summed E-state index contributed by atoms with van der Waals surface area (Å²) >= 11 is 0. The van der Waals surface area contributed by atoms with E-state index in [0.29, 0.717) is 6.61 Å². The second kappa shape index (κ2) is 5.34. The molecule has 3 aromatic rings. The smallest absolute Gasteiger partial charge is 0.127 e. The molecule has 1 radical (unpaired) electrons. The molecule has 22 heavy (non-hydrogen) atoms. The van der Waals surface area contributed by atoms with Crippen molar-refractivity contribution in [3.63, 3.8) is 0 Å². The van der Waals surface area contributed by atoms with Crippen molar-refractivity contribution in [2.24, 2.45) is 0 Å². The summed E-state index contributed by atoms with van der Waals surface area (Å²) < 4.78 is 5.90. The van der Waals surface area contributed by atoms with Gasteiger partial charge in [-0.25, -0.2) is 0 Å². The summed E-state index contributed by atoms with van der Waals surface area (Å²) in [5.41, 5.74) is 7.53.